The van der Waals surface area contributed by atoms with E-state index in [0.29, 0.717) is 49.7 Å². The van der Waals surface area contributed by atoms with Gasteiger partial charge in [-0.3, -0.25) is 4.79 Å². The second-order valence-corrected chi connectivity index (χ2v) is 10.5. The summed E-state index contributed by atoms with van der Waals surface area (Å²) in [5.41, 5.74) is 5.52. The largest absolute Gasteiger partial charge is 0.497 e. The van der Waals surface area contributed by atoms with Crippen molar-refractivity contribution in [1.29, 1.82) is 0 Å². The Kier molecular flexibility index (Phi) is 7.48. The van der Waals surface area contributed by atoms with Gasteiger partial charge < -0.3 is 19.3 Å². The third-order valence-corrected chi connectivity index (χ3v) is 7.68. The van der Waals surface area contributed by atoms with Crippen LogP contribution in [0.2, 0.25) is 0 Å². The second-order valence-electron chi connectivity index (χ2n) is 10.5. The van der Waals surface area contributed by atoms with Gasteiger partial charge in [0.1, 0.15) is 23.1 Å². The van der Waals surface area contributed by atoms with Crippen LogP contribution in [0.5, 0.6) is 11.5 Å². The van der Waals surface area contributed by atoms with Crippen molar-refractivity contribution in [1.82, 2.24) is 24.6 Å². The van der Waals surface area contributed by atoms with Crippen LogP contribution in [0.25, 0.3) is 16.7 Å². The van der Waals surface area contributed by atoms with Gasteiger partial charge >= 0.3 is 0 Å². The number of piperazine rings is 1. The molecule has 0 atom stereocenters. The van der Waals surface area contributed by atoms with E-state index in [9.17, 15) is 4.79 Å². The number of anilines is 1. The predicted octanol–water partition coefficient (Wildman–Crippen LogP) is 5.00. The van der Waals surface area contributed by atoms with E-state index in [1.165, 1.54) is 5.56 Å². The van der Waals surface area contributed by atoms with Gasteiger partial charge in [-0.25, -0.2) is 14.6 Å². The van der Waals surface area contributed by atoms with E-state index in [2.05, 4.69) is 36.1 Å². The van der Waals surface area contributed by atoms with Crippen molar-refractivity contribution in [2.45, 2.75) is 20.3 Å². The van der Waals surface area contributed by atoms with Crippen LogP contribution in [0.4, 0.5) is 5.82 Å². The quantitative estimate of drug-likeness (QED) is 0.276. The highest BCUT2D eigenvalue weighted by Gasteiger charge is 2.27. The van der Waals surface area contributed by atoms with Crippen molar-refractivity contribution in [2.75, 3.05) is 45.3 Å². The Morgan fingerprint density at radius 3 is 2.14 bits per heavy atom. The van der Waals surface area contributed by atoms with Crippen molar-refractivity contribution in [3.63, 3.8) is 0 Å². The molecule has 6 rings (SSSR count). The second kappa shape index (κ2) is 11.5. The standard InChI is InChI=1S/C33H34N6O3/c1-22-10-12-24(13-11-22)18-29-34-31(30-23(2)36-39(32(30)35-29)26-8-6-5-7-9-26)37-14-16-38(17-15-37)33(40)25-19-27(41-3)21-28(20-25)42-4/h5-13,19-21H,14-18H2,1-4H3. The third kappa shape index (κ3) is 5.37. The predicted molar refractivity (Wildman–Crippen MR) is 163 cm³/mol. The molecule has 9 heteroatoms. The molecule has 0 N–H and O–H groups in total. The van der Waals surface area contributed by atoms with Crippen molar-refractivity contribution in [3.8, 4) is 17.2 Å². The summed E-state index contributed by atoms with van der Waals surface area (Å²) in [5.74, 6) is 2.73. The van der Waals surface area contributed by atoms with E-state index in [1.54, 1.807) is 32.4 Å². The smallest absolute Gasteiger partial charge is 0.254 e. The SMILES string of the molecule is COc1cc(OC)cc(C(=O)N2CCN(c3nc(Cc4ccc(C)cc4)nc4c3c(C)nn4-c3ccccc3)CC2)c1. The number of ether oxygens (including phenoxy) is 2. The summed E-state index contributed by atoms with van der Waals surface area (Å²) in [6.07, 6.45) is 0.609. The van der Waals surface area contributed by atoms with Crippen LogP contribution in [-0.4, -0.2) is 71.0 Å². The average molecular weight is 563 g/mol. The Morgan fingerprint density at radius 1 is 0.833 bits per heavy atom. The molecule has 42 heavy (non-hydrogen) atoms. The molecule has 0 unspecified atom stereocenters. The lowest BCUT2D eigenvalue weighted by molar-refractivity contribution is 0.0746. The fourth-order valence-electron chi connectivity index (χ4n) is 5.39. The molecule has 3 heterocycles. The lowest BCUT2D eigenvalue weighted by Crippen LogP contribution is -2.49. The number of hydrogen-bond donors (Lipinski definition) is 0. The first-order valence-electron chi connectivity index (χ1n) is 14.1. The van der Waals surface area contributed by atoms with Crippen LogP contribution in [-0.2, 0) is 6.42 Å². The number of hydrogen-bond acceptors (Lipinski definition) is 7. The number of carbonyl (C=O) groups is 1. The Labute approximate surface area is 245 Å². The van der Waals surface area contributed by atoms with Gasteiger partial charge in [-0.15, -0.1) is 0 Å². The van der Waals surface area contributed by atoms with E-state index >= 15 is 0 Å². The molecule has 0 bridgehead atoms. The maximum absolute atomic E-state index is 13.4. The topological polar surface area (TPSA) is 85.6 Å². The number of rotatable bonds is 7. The van der Waals surface area contributed by atoms with Gasteiger partial charge in [0.25, 0.3) is 5.91 Å². The Morgan fingerprint density at radius 2 is 1.50 bits per heavy atom. The molecular weight excluding hydrogens is 528 g/mol. The molecule has 0 spiro atoms. The van der Waals surface area contributed by atoms with Gasteiger partial charge in [-0.1, -0.05) is 48.0 Å². The number of carbonyl (C=O) groups excluding carboxylic acids is 1. The fraction of sp³-hybridized carbons (Fsp3) is 0.273. The van der Waals surface area contributed by atoms with Gasteiger partial charge in [-0.2, -0.15) is 5.10 Å². The first-order valence-corrected chi connectivity index (χ1v) is 14.1. The van der Waals surface area contributed by atoms with E-state index in [1.807, 2.05) is 46.8 Å². The van der Waals surface area contributed by atoms with Crippen molar-refractivity contribution in [2.24, 2.45) is 0 Å². The minimum atomic E-state index is -0.0483. The molecular formula is C33H34N6O3. The molecule has 1 amide bonds. The average Bonchev–Trinajstić information content (AvgIpc) is 3.37. The summed E-state index contributed by atoms with van der Waals surface area (Å²) >= 11 is 0. The van der Waals surface area contributed by atoms with Crippen LogP contribution >= 0.6 is 0 Å². The van der Waals surface area contributed by atoms with E-state index in [-0.39, 0.29) is 5.91 Å². The number of nitrogens with zero attached hydrogens (tertiary/aromatic N) is 6. The normalized spacial score (nSPS) is 13.4. The molecule has 0 radical (unpaired) electrons. The van der Waals surface area contributed by atoms with Crippen molar-refractivity contribution in [3.05, 3.63) is 101 Å². The number of para-hydroxylation sites is 1. The zero-order valence-corrected chi connectivity index (χ0v) is 24.4. The first kappa shape index (κ1) is 27.3. The summed E-state index contributed by atoms with van der Waals surface area (Å²) in [6.45, 7) is 6.48. The summed E-state index contributed by atoms with van der Waals surface area (Å²) in [5, 5.41) is 5.82. The monoisotopic (exact) mass is 562 g/mol. The first-order chi connectivity index (χ1) is 20.4. The van der Waals surface area contributed by atoms with Crippen LogP contribution in [0.1, 0.15) is 33.0 Å². The Hall–Kier alpha value is -4.92. The number of methoxy groups -OCH3 is 2. The van der Waals surface area contributed by atoms with E-state index < -0.39 is 0 Å². The molecule has 1 aliphatic rings. The summed E-state index contributed by atoms with van der Waals surface area (Å²) < 4.78 is 12.7. The van der Waals surface area contributed by atoms with Crippen molar-refractivity contribution >= 4 is 22.8 Å². The molecule has 9 nitrogen and oxygen atoms in total. The van der Waals surface area contributed by atoms with Crippen molar-refractivity contribution < 1.29 is 14.3 Å². The molecule has 214 valence electrons. The zero-order valence-electron chi connectivity index (χ0n) is 24.4. The molecule has 2 aromatic heterocycles. The van der Waals surface area contributed by atoms with E-state index in [0.717, 1.165) is 39.6 Å². The molecule has 0 aliphatic carbocycles. The minimum absolute atomic E-state index is 0.0483. The summed E-state index contributed by atoms with van der Waals surface area (Å²) in [6, 6.07) is 23.8. The molecule has 0 saturated carbocycles. The number of aryl methyl sites for hydroxylation is 2. The number of aromatic nitrogens is 4. The van der Waals surface area contributed by atoms with Crippen LogP contribution in [0, 0.1) is 13.8 Å². The lowest BCUT2D eigenvalue weighted by atomic mass is 10.1. The third-order valence-electron chi connectivity index (χ3n) is 7.68. The van der Waals surface area contributed by atoms with Crippen LogP contribution < -0.4 is 14.4 Å². The zero-order chi connectivity index (χ0) is 29.2. The molecule has 1 aliphatic heterocycles. The maximum atomic E-state index is 13.4. The van der Waals surface area contributed by atoms with Crippen LogP contribution in [0.3, 0.4) is 0 Å². The molecule has 5 aromatic rings. The highest BCUT2D eigenvalue weighted by Crippen LogP contribution is 2.31. The van der Waals surface area contributed by atoms with Crippen LogP contribution in [0.15, 0.2) is 72.8 Å². The molecule has 1 saturated heterocycles. The molecule has 3 aromatic carbocycles. The fourth-order valence-corrected chi connectivity index (χ4v) is 5.39. The van der Waals surface area contributed by atoms with E-state index in [4.69, 9.17) is 24.5 Å². The highest BCUT2D eigenvalue weighted by molar-refractivity contribution is 5.95. The van der Waals surface area contributed by atoms with Gasteiger partial charge in [0.15, 0.2) is 5.65 Å². The van der Waals surface area contributed by atoms with Gasteiger partial charge in [0, 0.05) is 44.2 Å². The number of benzene rings is 3. The lowest BCUT2D eigenvalue weighted by Gasteiger charge is -2.36. The Balaban J connectivity index is 1.33. The summed E-state index contributed by atoms with van der Waals surface area (Å²) in [7, 11) is 3.17. The minimum Gasteiger partial charge on any atom is -0.497 e. The number of amides is 1. The van der Waals surface area contributed by atoms with Gasteiger partial charge in [0.2, 0.25) is 0 Å². The summed E-state index contributed by atoms with van der Waals surface area (Å²) in [4.78, 5) is 27.7. The Bertz CT molecular complexity index is 1700. The number of fused-ring (bicyclic) bond motifs is 1. The van der Waals surface area contributed by atoms with Gasteiger partial charge in [-0.05, 0) is 43.7 Å². The molecule has 1 fully saturated rings. The van der Waals surface area contributed by atoms with Gasteiger partial charge in [0.05, 0.1) is 31.0 Å². The maximum Gasteiger partial charge on any atom is 0.254 e. The highest BCUT2D eigenvalue weighted by atomic mass is 16.5.